The van der Waals surface area contributed by atoms with Gasteiger partial charge in [-0.25, -0.2) is 0 Å². The third kappa shape index (κ3) is 10.4. The van der Waals surface area contributed by atoms with Crippen molar-refractivity contribution in [3.05, 3.63) is 0 Å². The van der Waals surface area contributed by atoms with Gasteiger partial charge in [-0.2, -0.15) is 0 Å². The first-order valence-corrected chi connectivity index (χ1v) is 5.15. The van der Waals surface area contributed by atoms with Gasteiger partial charge >= 0.3 is 0 Å². The highest BCUT2D eigenvalue weighted by Gasteiger charge is 2.18. The lowest BCUT2D eigenvalue weighted by Crippen LogP contribution is -3.00. The van der Waals surface area contributed by atoms with Gasteiger partial charge in [0.1, 0.15) is 5.78 Å². The molecule has 1 unspecified atom stereocenters. The van der Waals surface area contributed by atoms with Crippen LogP contribution in [-0.4, -0.2) is 38.0 Å². The van der Waals surface area contributed by atoms with Crippen molar-refractivity contribution in [2.24, 2.45) is 5.92 Å². The van der Waals surface area contributed by atoms with Gasteiger partial charge in [0.25, 0.3) is 0 Å². The lowest BCUT2D eigenvalue weighted by molar-refractivity contribution is -0.873. The fourth-order valence-electron chi connectivity index (χ4n) is 1.85. The van der Waals surface area contributed by atoms with Gasteiger partial charge in [-0.1, -0.05) is 13.3 Å². The first kappa shape index (κ1) is 16.8. The normalized spacial score (nSPS) is 13.2. The van der Waals surface area contributed by atoms with Crippen molar-refractivity contribution in [1.29, 1.82) is 0 Å². The van der Waals surface area contributed by atoms with Crippen LogP contribution in [-0.2, 0) is 4.79 Å². The summed E-state index contributed by atoms with van der Waals surface area (Å²) in [5, 5.41) is 0. The van der Waals surface area contributed by atoms with E-state index in [9.17, 15) is 4.79 Å². The van der Waals surface area contributed by atoms with Crippen molar-refractivity contribution < 1.29 is 33.3 Å². The van der Waals surface area contributed by atoms with Gasteiger partial charge in [-0.15, -0.1) is 0 Å². The van der Waals surface area contributed by atoms with E-state index in [2.05, 4.69) is 28.1 Å². The number of nitrogens with zero attached hydrogens (tertiary/aromatic N) is 1. The van der Waals surface area contributed by atoms with Crippen molar-refractivity contribution in [2.45, 2.75) is 33.1 Å². The van der Waals surface area contributed by atoms with E-state index < -0.39 is 0 Å². The van der Waals surface area contributed by atoms with Crippen molar-refractivity contribution in [1.82, 2.24) is 0 Å². The SMILES string of the molecule is CCCC(CC(C)=O)C[N+](C)(C)C.[I-]. The van der Waals surface area contributed by atoms with E-state index in [0.29, 0.717) is 11.7 Å². The molecule has 0 heterocycles. The van der Waals surface area contributed by atoms with Gasteiger partial charge in [0.05, 0.1) is 27.7 Å². The van der Waals surface area contributed by atoms with E-state index in [1.54, 1.807) is 6.92 Å². The smallest absolute Gasteiger partial charge is 0.130 e. The summed E-state index contributed by atoms with van der Waals surface area (Å²) < 4.78 is 0.956. The maximum atomic E-state index is 11.0. The highest BCUT2D eigenvalue weighted by molar-refractivity contribution is 5.75. The zero-order valence-corrected chi connectivity index (χ0v) is 12.3. The van der Waals surface area contributed by atoms with Crippen LogP contribution in [0.3, 0.4) is 0 Å². The van der Waals surface area contributed by atoms with E-state index in [-0.39, 0.29) is 24.0 Å². The summed E-state index contributed by atoms with van der Waals surface area (Å²) in [4.78, 5) is 11.0. The highest BCUT2D eigenvalue weighted by atomic mass is 127. The molecule has 0 saturated heterocycles. The Morgan fingerprint density at radius 1 is 1.29 bits per heavy atom. The third-order valence-electron chi connectivity index (χ3n) is 2.08. The van der Waals surface area contributed by atoms with E-state index >= 15 is 0 Å². The Balaban J connectivity index is 0. The fourth-order valence-corrected chi connectivity index (χ4v) is 1.85. The molecule has 0 aromatic rings. The zero-order chi connectivity index (χ0) is 10.5. The van der Waals surface area contributed by atoms with E-state index in [1.165, 1.54) is 12.8 Å². The van der Waals surface area contributed by atoms with Crippen molar-refractivity contribution >= 4 is 5.78 Å². The van der Waals surface area contributed by atoms with Crippen molar-refractivity contribution in [3.8, 4) is 0 Å². The van der Waals surface area contributed by atoms with Crippen LogP contribution in [0, 0.1) is 5.92 Å². The molecule has 86 valence electrons. The second-order valence-corrected chi connectivity index (χ2v) is 5.03. The molecular weight excluding hydrogens is 289 g/mol. The average molecular weight is 313 g/mol. The molecular formula is C11H24INO. The van der Waals surface area contributed by atoms with Gasteiger partial charge < -0.3 is 33.3 Å². The molecule has 0 aromatic carbocycles. The number of carbonyl (C=O) groups excluding carboxylic acids is 1. The summed E-state index contributed by atoms with van der Waals surface area (Å²) in [5.74, 6) is 0.898. The van der Waals surface area contributed by atoms with Crippen LogP contribution in [0.25, 0.3) is 0 Å². The predicted molar refractivity (Wildman–Crippen MR) is 56.6 cm³/mol. The molecule has 0 aliphatic rings. The summed E-state index contributed by atoms with van der Waals surface area (Å²) in [6, 6.07) is 0. The van der Waals surface area contributed by atoms with Gasteiger partial charge in [0.15, 0.2) is 0 Å². The molecule has 0 spiro atoms. The molecule has 0 bridgehead atoms. The minimum absolute atomic E-state index is 0. The third-order valence-corrected chi connectivity index (χ3v) is 2.08. The predicted octanol–water partition coefficient (Wildman–Crippen LogP) is -0.908. The quantitative estimate of drug-likeness (QED) is 0.458. The van der Waals surface area contributed by atoms with E-state index in [4.69, 9.17) is 0 Å². The Kier molecular flexibility index (Phi) is 9.14. The molecule has 0 rings (SSSR count). The number of carbonyl (C=O) groups is 1. The van der Waals surface area contributed by atoms with Crippen LogP contribution in [0.2, 0.25) is 0 Å². The van der Waals surface area contributed by atoms with Gasteiger partial charge in [-0.05, 0) is 13.3 Å². The van der Waals surface area contributed by atoms with Crippen LogP contribution < -0.4 is 24.0 Å². The molecule has 2 nitrogen and oxygen atoms in total. The fraction of sp³-hybridized carbons (Fsp3) is 0.909. The summed E-state index contributed by atoms with van der Waals surface area (Å²) in [6.07, 6.45) is 3.11. The summed E-state index contributed by atoms with van der Waals surface area (Å²) >= 11 is 0. The molecule has 0 radical (unpaired) electrons. The Morgan fingerprint density at radius 3 is 2.07 bits per heavy atom. The zero-order valence-electron chi connectivity index (χ0n) is 10.1. The molecule has 0 fully saturated rings. The largest absolute Gasteiger partial charge is 1.00 e. The maximum Gasteiger partial charge on any atom is 0.130 e. The second kappa shape index (κ2) is 7.63. The molecule has 0 saturated carbocycles. The number of rotatable bonds is 6. The molecule has 0 aliphatic heterocycles. The number of hydrogen-bond donors (Lipinski definition) is 0. The van der Waals surface area contributed by atoms with Crippen LogP contribution in [0.1, 0.15) is 33.1 Å². The van der Waals surface area contributed by atoms with Crippen LogP contribution in [0.15, 0.2) is 0 Å². The van der Waals surface area contributed by atoms with Gasteiger partial charge in [-0.3, -0.25) is 0 Å². The van der Waals surface area contributed by atoms with E-state index in [1.807, 2.05) is 0 Å². The summed E-state index contributed by atoms with van der Waals surface area (Å²) in [6.45, 7) is 4.98. The molecule has 0 aliphatic carbocycles. The molecule has 14 heavy (non-hydrogen) atoms. The molecule has 3 heteroatoms. The van der Waals surface area contributed by atoms with Crippen molar-refractivity contribution in [3.63, 3.8) is 0 Å². The Bertz CT molecular complexity index is 163. The Hall–Kier alpha value is 0.360. The lowest BCUT2D eigenvalue weighted by Gasteiger charge is -2.28. The Morgan fingerprint density at radius 2 is 1.79 bits per heavy atom. The highest BCUT2D eigenvalue weighted by Crippen LogP contribution is 2.14. The standard InChI is InChI=1S/C11H24NO.HI/c1-6-7-11(8-10(2)13)9-12(3,4)5;/h11H,6-9H2,1-5H3;1H/q+1;/p-1. The lowest BCUT2D eigenvalue weighted by atomic mass is 9.97. The summed E-state index contributed by atoms with van der Waals surface area (Å²) in [5.41, 5.74) is 0. The number of halogens is 1. The molecule has 0 amide bonds. The number of hydrogen-bond acceptors (Lipinski definition) is 1. The number of Topliss-reactive ketones (excluding diaryl/α,β-unsaturated/α-hetero) is 1. The second-order valence-electron chi connectivity index (χ2n) is 5.03. The Labute approximate surface area is 106 Å². The average Bonchev–Trinajstić information content (AvgIpc) is 1.81. The summed E-state index contributed by atoms with van der Waals surface area (Å²) in [7, 11) is 6.55. The van der Waals surface area contributed by atoms with Crippen LogP contribution in [0.4, 0.5) is 0 Å². The van der Waals surface area contributed by atoms with Gasteiger partial charge in [0, 0.05) is 12.3 Å². The first-order chi connectivity index (χ1) is 5.85. The maximum absolute atomic E-state index is 11.0. The van der Waals surface area contributed by atoms with Crippen molar-refractivity contribution in [2.75, 3.05) is 27.7 Å². The number of ketones is 1. The molecule has 0 N–H and O–H groups in total. The van der Waals surface area contributed by atoms with Crippen LogP contribution >= 0.6 is 0 Å². The molecule has 0 aromatic heterocycles. The van der Waals surface area contributed by atoms with E-state index in [0.717, 1.165) is 17.4 Å². The first-order valence-electron chi connectivity index (χ1n) is 5.15. The minimum Gasteiger partial charge on any atom is -1.00 e. The molecule has 1 atom stereocenters. The van der Waals surface area contributed by atoms with Crippen LogP contribution in [0.5, 0.6) is 0 Å². The monoisotopic (exact) mass is 313 g/mol. The van der Waals surface area contributed by atoms with Gasteiger partial charge in [0.2, 0.25) is 0 Å². The topological polar surface area (TPSA) is 17.1 Å². The number of quaternary nitrogens is 1. The minimum atomic E-state index is 0.